The summed E-state index contributed by atoms with van der Waals surface area (Å²) in [5, 5.41) is 2.11. The third-order valence-electron chi connectivity index (χ3n) is 4.40. The Morgan fingerprint density at radius 2 is 1.45 bits per heavy atom. The molecule has 3 rings (SSSR count). The van der Waals surface area contributed by atoms with E-state index >= 15 is 0 Å². The quantitative estimate of drug-likeness (QED) is 0.602. The first-order chi connectivity index (χ1) is 14.1. The normalized spacial score (nSPS) is 12.6. The molecular formula is C23H24N2O4. The number of carbonyl (C=O) groups is 2. The number of hydrogen-bond donors (Lipinski definition) is 2. The van der Waals surface area contributed by atoms with Crippen LogP contribution in [0, 0.1) is 0 Å². The largest absolute Gasteiger partial charge is 0.481 e. The molecule has 150 valence electrons. The van der Waals surface area contributed by atoms with E-state index in [4.69, 9.17) is 9.47 Å². The molecule has 6 heteroatoms. The lowest BCUT2D eigenvalue weighted by molar-refractivity contribution is -0.135. The summed E-state index contributed by atoms with van der Waals surface area (Å²) in [5.41, 5.74) is 4.80. The molecule has 3 aromatic carbocycles. The van der Waals surface area contributed by atoms with E-state index in [1.165, 1.54) is 0 Å². The molecule has 0 heterocycles. The molecule has 0 spiro atoms. The Kier molecular flexibility index (Phi) is 6.68. The van der Waals surface area contributed by atoms with E-state index in [0.29, 0.717) is 17.9 Å². The molecule has 0 fully saturated rings. The second-order valence-corrected chi connectivity index (χ2v) is 6.58. The van der Waals surface area contributed by atoms with Gasteiger partial charge >= 0.3 is 0 Å². The molecule has 6 nitrogen and oxygen atoms in total. The number of rotatable bonds is 7. The summed E-state index contributed by atoms with van der Waals surface area (Å²) in [5.74, 6) is 0.286. The van der Waals surface area contributed by atoms with Crippen LogP contribution in [0.15, 0.2) is 72.8 Å². The van der Waals surface area contributed by atoms with Crippen molar-refractivity contribution in [1.29, 1.82) is 0 Å². The monoisotopic (exact) mass is 392 g/mol. The molecule has 0 aliphatic heterocycles. The van der Waals surface area contributed by atoms with Crippen LogP contribution in [0.5, 0.6) is 11.5 Å². The first-order valence-electron chi connectivity index (χ1n) is 9.53. The number of para-hydroxylation sites is 1. The van der Waals surface area contributed by atoms with Gasteiger partial charge in [0, 0.05) is 0 Å². The standard InChI is InChI=1S/C23H24N2O4/c1-3-21(29-19-11-5-4-6-12-19)23(27)25-24-22(26)16(2)28-20-14-13-17-9-7-8-10-18(17)15-20/h4-16,21H,3H2,1-2H3,(H,24,26)(H,25,27)/t16-,21+/m1/s1. The molecule has 2 N–H and O–H groups in total. The van der Waals surface area contributed by atoms with Crippen LogP contribution in [0.4, 0.5) is 0 Å². The number of fused-ring (bicyclic) bond motifs is 1. The molecule has 2 amide bonds. The topological polar surface area (TPSA) is 76.7 Å². The number of amides is 2. The van der Waals surface area contributed by atoms with Crippen molar-refractivity contribution in [3.63, 3.8) is 0 Å². The second kappa shape index (κ2) is 9.59. The van der Waals surface area contributed by atoms with E-state index in [1.54, 1.807) is 19.1 Å². The highest BCUT2D eigenvalue weighted by Crippen LogP contribution is 2.21. The Balaban J connectivity index is 1.52. The molecule has 29 heavy (non-hydrogen) atoms. The Morgan fingerprint density at radius 1 is 0.793 bits per heavy atom. The van der Waals surface area contributed by atoms with Gasteiger partial charge in [-0.25, -0.2) is 0 Å². The third kappa shape index (κ3) is 5.48. The van der Waals surface area contributed by atoms with Crippen LogP contribution < -0.4 is 20.3 Å². The Labute approximate surface area is 169 Å². The Hall–Kier alpha value is -3.54. The second-order valence-electron chi connectivity index (χ2n) is 6.58. The number of benzene rings is 3. The maximum absolute atomic E-state index is 12.3. The smallest absolute Gasteiger partial charge is 0.279 e. The minimum absolute atomic E-state index is 0.428. The van der Waals surface area contributed by atoms with Gasteiger partial charge < -0.3 is 9.47 Å². The maximum atomic E-state index is 12.3. The predicted octanol–water partition coefficient (Wildman–Crippen LogP) is 3.61. The lowest BCUT2D eigenvalue weighted by atomic mass is 10.1. The molecule has 0 saturated carbocycles. The highest BCUT2D eigenvalue weighted by Gasteiger charge is 2.21. The minimum Gasteiger partial charge on any atom is -0.481 e. The van der Waals surface area contributed by atoms with Gasteiger partial charge in [0.2, 0.25) is 0 Å². The average Bonchev–Trinajstić information content (AvgIpc) is 2.76. The van der Waals surface area contributed by atoms with Crippen LogP contribution in [-0.4, -0.2) is 24.0 Å². The molecule has 0 radical (unpaired) electrons. The fraction of sp³-hybridized carbons (Fsp3) is 0.217. The summed E-state index contributed by atoms with van der Waals surface area (Å²) in [6.07, 6.45) is -1.04. The molecule has 0 bridgehead atoms. The summed E-state index contributed by atoms with van der Waals surface area (Å²) in [6, 6.07) is 22.6. The summed E-state index contributed by atoms with van der Waals surface area (Å²) in [4.78, 5) is 24.6. The van der Waals surface area contributed by atoms with Crippen molar-refractivity contribution in [3.05, 3.63) is 72.8 Å². The van der Waals surface area contributed by atoms with Crippen LogP contribution in [-0.2, 0) is 9.59 Å². The average molecular weight is 392 g/mol. The van der Waals surface area contributed by atoms with Gasteiger partial charge in [0.05, 0.1) is 0 Å². The van der Waals surface area contributed by atoms with Crippen molar-refractivity contribution in [1.82, 2.24) is 10.9 Å². The highest BCUT2D eigenvalue weighted by atomic mass is 16.5. The predicted molar refractivity (Wildman–Crippen MR) is 111 cm³/mol. The number of ether oxygens (including phenoxy) is 2. The highest BCUT2D eigenvalue weighted by molar-refractivity contribution is 5.87. The molecular weight excluding hydrogens is 368 g/mol. The van der Waals surface area contributed by atoms with Gasteiger partial charge in [-0.15, -0.1) is 0 Å². The summed E-state index contributed by atoms with van der Waals surface area (Å²) < 4.78 is 11.4. The molecule has 0 saturated heterocycles. The van der Waals surface area contributed by atoms with Crippen LogP contribution in [0.1, 0.15) is 20.3 Å². The van der Waals surface area contributed by atoms with Gasteiger partial charge in [-0.05, 0) is 48.4 Å². The first-order valence-corrected chi connectivity index (χ1v) is 9.53. The van der Waals surface area contributed by atoms with E-state index < -0.39 is 24.0 Å². The molecule has 2 atom stereocenters. The molecule has 0 unspecified atom stereocenters. The molecule has 0 aliphatic rings. The summed E-state index contributed by atoms with van der Waals surface area (Å²) in [7, 11) is 0. The number of carbonyl (C=O) groups excluding carboxylic acids is 2. The van der Waals surface area contributed by atoms with Gasteiger partial charge in [-0.2, -0.15) is 0 Å². The maximum Gasteiger partial charge on any atom is 0.279 e. The summed E-state index contributed by atoms with van der Waals surface area (Å²) in [6.45, 7) is 3.45. The van der Waals surface area contributed by atoms with Crippen molar-refractivity contribution in [2.45, 2.75) is 32.5 Å². The van der Waals surface area contributed by atoms with Crippen molar-refractivity contribution >= 4 is 22.6 Å². The Morgan fingerprint density at radius 3 is 2.17 bits per heavy atom. The number of hydrogen-bond acceptors (Lipinski definition) is 4. The van der Waals surface area contributed by atoms with E-state index in [1.807, 2.05) is 67.6 Å². The summed E-state index contributed by atoms with van der Waals surface area (Å²) >= 11 is 0. The zero-order chi connectivity index (χ0) is 20.6. The zero-order valence-corrected chi connectivity index (χ0v) is 16.4. The lowest BCUT2D eigenvalue weighted by Crippen LogP contribution is -2.51. The zero-order valence-electron chi connectivity index (χ0n) is 16.4. The third-order valence-corrected chi connectivity index (χ3v) is 4.40. The van der Waals surface area contributed by atoms with Crippen LogP contribution in [0.3, 0.4) is 0 Å². The minimum atomic E-state index is -0.786. The van der Waals surface area contributed by atoms with Crippen molar-refractivity contribution in [3.8, 4) is 11.5 Å². The van der Waals surface area contributed by atoms with Crippen LogP contribution in [0.25, 0.3) is 10.8 Å². The van der Waals surface area contributed by atoms with Gasteiger partial charge in [0.15, 0.2) is 12.2 Å². The van der Waals surface area contributed by atoms with Gasteiger partial charge in [0.25, 0.3) is 11.8 Å². The van der Waals surface area contributed by atoms with Gasteiger partial charge in [-0.1, -0.05) is 55.5 Å². The van der Waals surface area contributed by atoms with E-state index in [9.17, 15) is 9.59 Å². The number of hydrazine groups is 1. The molecule has 0 aliphatic carbocycles. The lowest BCUT2D eigenvalue weighted by Gasteiger charge is -2.19. The molecule has 3 aromatic rings. The van der Waals surface area contributed by atoms with Gasteiger partial charge in [-0.3, -0.25) is 20.4 Å². The van der Waals surface area contributed by atoms with Crippen molar-refractivity contribution in [2.24, 2.45) is 0 Å². The van der Waals surface area contributed by atoms with Crippen LogP contribution >= 0.6 is 0 Å². The Bertz CT molecular complexity index is 975. The fourth-order valence-corrected chi connectivity index (χ4v) is 2.79. The van der Waals surface area contributed by atoms with Gasteiger partial charge in [0.1, 0.15) is 11.5 Å². The van der Waals surface area contributed by atoms with E-state index in [0.717, 1.165) is 10.8 Å². The number of nitrogens with one attached hydrogen (secondary N) is 2. The SMILES string of the molecule is CC[C@H](Oc1ccccc1)C(=O)NNC(=O)[C@@H](C)Oc1ccc2ccccc2c1. The molecule has 0 aromatic heterocycles. The van der Waals surface area contributed by atoms with Crippen molar-refractivity contribution in [2.75, 3.05) is 0 Å². The van der Waals surface area contributed by atoms with E-state index in [2.05, 4.69) is 10.9 Å². The van der Waals surface area contributed by atoms with Crippen LogP contribution in [0.2, 0.25) is 0 Å². The first kappa shape index (κ1) is 20.2. The van der Waals surface area contributed by atoms with Crippen molar-refractivity contribution < 1.29 is 19.1 Å². The van der Waals surface area contributed by atoms with E-state index in [-0.39, 0.29) is 0 Å². The fourth-order valence-electron chi connectivity index (χ4n) is 2.79.